The Morgan fingerprint density at radius 1 is 0.789 bits per heavy atom. The van der Waals surface area contributed by atoms with Crippen molar-refractivity contribution in [1.29, 1.82) is 0 Å². The zero-order valence-corrected chi connectivity index (χ0v) is 21.3. The van der Waals surface area contributed by atoms with Gasteiger partial charge in [-0.25, -0.2) is 9.67 Å². The highest BCUT2D eigenvalue weighted by atomic mass is 16.5. The summed E-state index contributed by atoms with van der Waals surface area (Å²) in [6.45, 7) is 1.92. The summed E-state index contributed by atoms with van der Waals surface area (Å²) in [6, 6.07) is 38.1. The summed E-state index contributed by atoms with van der Waals surface area (Å²) in [5.74, 6) is 1.44. The van der Waals surface area contributed by atoms with E-state index in [2.05, 4.69) is 18.2 Å². The van der Waals surface area contributed by atoms with E-state index in [1.165, 1.54) is 0 Å². The molecule has 0 bridgehead atoms. The molecule has 5 heteroatoms. The summed E-state index contributed by atoms with van der Waals surface area (Å²) < 4.78 is 10.0. The average molecular weight is 498 g/mol. The molecule has 0 saturated heterocycles. The molecule has 38 heavy (non-hydrogen) atoms. The molecule has 0 fully saturated rings. The molecule has 0 N–H and O–H groups in total. The largest absolute Gasteiger partial charge is 0.456 e. The summed E-state index contributed by atoms with van der Waals surface area (Å²) in [7, 11) is 1.88. The van der Waals surface area contributed by atoms with E-state index in [0.717, 1.165) is 45.2 Å². The van der Waals surface area contributed by atoms with Crippen molar-refractivity contribution in [3.63, 3.8) is 0 Å². The highest BCUT2D eigenvalue weighted by Gasteiger charge is 2.31. The fraction of sp³-hybridized carbons (Fsp3) is 0.0909. The number of para-hydroxylation sites is 2. The Hall–Kier alpha value is -4.90. The van der Waals surface area contributed by atoms with E-state index in [4.69, 9.17) is 9.73 Å². The molecule has 0 amide bonds. The minimum atomic E-state index is -0.164. The van der Waals surface area contributed by atoms with Crippen LogP contribution in [0.4, 0.5) is 5.69 Å². The van der Waals surface area contributed by atoms with Crippen LogP contribution >= 0.6 is 0 Å². The minimum absolute atomic E-state index is 0.111. The second kappa shape index (κ2) is 9.87. The van der Waals surface area contributed by atoms with Crippen LogP contribution in [0.5, 0.6) is 5.75 Å². The molecule has 186 valence electrons. The van der Waals surface area contributed by atoms with Gasteiger partial charge in [0.25, 0.3) is 5.56 Å². The summed E-state index contributed by atoms with van der Waals surface area (Å²) in [6.07, 6.45) is 1.81. The van der Waals surface area contributed by atoms with Crippen LogP contribution in [0.3, 0.4) is 0 Å². The standard InChI is InChI=1S/C33H27N3O2/c1-23-31(33(37)36(35(23)2)26-18-10-5-11-19-26)34-22-28-30(24-14-6-3-7-15-24)27-20-12-13-21-29(27)38-32(28)25-16-8-4-9-17-25/h3-22,30H,1-2H3. The summed E-state index contributed by atoms with van der Waals surface area (Å²) >= 11 is 0. The monoisotopic (exact) mass is 497 g/mol. The first kappa shape index (κ1) is 23.5. The first-order valence-electron chi connectivity index (χ1n) is 12.6. The first-order valence-corrected chi connectivity index (χ1v) is 12.6. The number of aromatic nitrogens is 2. The van der Waals surface area contributed by atoms with Gasteiger partial charge in [0.1, 0.15) is 11.5 Å². The lowest BCUT2D eigenvalue weighted by Gasteiger charge is -2.29. The zero-order chi connectivity index (χ0) is 26.1. The van der Waals surface area contributed by atoms with Crippen molar-refractivity contribution in [3.8, 4) is 11.4 Å². The Kier molecular flexibility index (Phi) is 6.10. The molecule has 1 aliphatic heterocycles. The molecular formula is C33H27N3O2. The van der Waals surface area contributed by atoms with Gasteiger partial charge in [-0.1, -0.05) is 97.1 Å². The minimum Gasteiger partial charge on any atom is -0.456 e. The maximum Gasteiger partial charge on any atom is 0.297 e. The molecule has 5 aromatic rings. The average Bonchev–Trinajstić information content (AvgIpc) is 3.19. The molecule has 1 atom stereocenters. The lowest BCUT2D eigenvalue weighted by atomic mass is 9.81. The molecule has 1 aliphatic rings. The zero-order valence-electron chi connectivity index (χ0n) is 21.3. The van der Waals surface area contributed by atoms with E-state index in [9.17, 15) is 4.79 Å². The Morgan fingerprint density at radius 3 is 2.11 bits per heavy atom. The van der Waals surface area contributed by atoms with Crippen molar-refractivity contribution < 1.29 is 4.74 Å². The van der Waals surface area contributed by atoms with Gasteiger partial charge in [-0.05, 0) is 30.7 Å². The normalized spacial score (nSPS) is 14.9. The Balaban J connectivity index is 1.56. The van der Waals surface area contributed by atoms with E-state index in [-0.39, 0.29) is 11.5 Å². The number of hydrogen-bond acceptors (Lipinski definition) is 3. The number of ether oxygens (including phenoxy) is 1. The van der Waals surface area contributed by atoms with Crippen molar-refractivity contribution in [2.45, 2.75) is 12.8 Å². The summed E-state index contributed by atoms with van der Waals surface area (Å²) in [5.41, 5.74) is 5.86. The number of rotatable bonds is 5. The van der Waals surface area contributed by atoms with Gasteiger partial charge in [0.15, 0.2) is 5.69 Å². The Labute approximate surface area is 221 Å². The molecule has 2 heterocycles. The van der Waals surface area contributed by atoms with E-state index in [1.807, 2.05) is 122 Å². The molecular weight excluding hydrogens is 470 g/mol. The van der Waals surface area contributed by atoms with E-state index >= 15 is 0 Å². The van der Waals surface area contributed by atoms with Crippen LogP contribution in [0, 0.1) is 6.92 Å². The summed E-state index contributed by atoms with van der Waals surface area (Å²) in [5, 5.41) is 0. The van der Waals surface area contributed by atoms with Gasteiger partial charge >= 0.3 is 0 Å². The van der Waals surface area contributed by atoms with Gasteiger partial charge in [0, 0.05) is 35.9 Å². The molecule has 6 rings (SSSR count). The van der Waals surface area contributed by atoms with Crippen molar-refractivity contribution in [2.75, 3.05) is 0 Å². The lowest BCUT2D eigenvalue weighted by molar-refractivity contribution is 0.489. The second-order valence-corrected chi connectivity index (χ2v) is 9.30. The van der Waals surface area contributed by atoms with Crippen LogP contribution in [-0.2, 0) is 7.05 Å². The summed E-state index contributed by atoms with van der Waals surface area (Å²) in [4.78, 5) is 18.4. The van der Waals surface area contributed by atoms with Crippen LogP contribution in [0.25, 0.3) is 11.4 Å². The fourth-order valence-electron chi connectivity index (χ4n) is 5.07. The smallest absolute Gasteiger partial charge is 0.297 e. The molecule has 0 spiro atoms. The highest BCUT2D eigenvalue weighted by Crippen LogP contribution is 2.45. The van der Waals surface area contributed by atoms with E-state index in [0.29, 0.717) is 5.69 Å². The van der Waals surface area contributed by atoms with Crippen LogP contribution in [0.1, 0.15) is 28.3 Å². The maximum atomic E-state index is 13.6. The Morgan fingerprint density at radius 2 is 1.39 bits per heavy atom. The number of nitrogens with zero attached hydrogens (tertiary/aromatic N) is 3. The molecule has 4 aromatic carbocycles. The van der Waals surface area contributed by atoms with Crippen molar-refractivity contribution >= 4 is 17.7 Å². The van der Waals surface area contributed by atoms with Crippen molar-refractivity contribution in [1.82, 2.24) is 9.36 Å². The number of aliphatic imine (C=N–C) groups is 1. The fourth-order valence-corrected chi connectivity index (χ4v) is 5.07. The van der Waals surface area contributed by atoms with E-state index < -0.39 is 0 Å². The Bertz CT molecular complexity index is 1710. The predicted molar refractivity (Wildman–Crippen MR) is 153 cm³/mol. The van der Waals surface area contributed by atoms with Crippen LogP contribution in [-0.4, -0.2) is 15.6 Å². The van der Waals surface area contributed by atoms with Gasteiger partial charge in [-0.3, -0.25) is 9.48 Å². The second-order valence-electron chi connectivity index (χ2n) is 9.30. The highest BCUT2D eigenvalue weighted by molar-refractivity contribution is 5.95. The third-order valence-corrected chi connectivity index (χ3v) is 7.04. The molecule has 1 aromatic heterocycles. The van der Waals surface area contributed by atoms with Gasteiger partial charge in [0.2, 0.25) is 0 Å². The molecule has 0 aliphatic carbocycles. The van der Waals surface area contributed by atoms with Gasteiger partial charge in [-0.2, -0.15) is 0 Å². The van der Waals surface area contributed by atoms with Crippen molar-refractivity contribution in [3.05, 3.63) is 154 Å². The van der Waals surface area contributed by atoms with Crippen molar-refractivity contribution in [2.24, 2.45) is 12.0 Å². The third-order valence-electron chi connectivity index (χ3n) is 7.04. The molecule has 5 nitrogen and oxygen atoms in total. The number of allylic oxidation sites excluding steroid dienone is 1. The lowest BCUT2D eigenvalue weighted by Crippen LogP contribution is -2.19. The first-order chi connectivity index (χ1) is 18.6. The number of hydrogen-bond donors (Lipinski definition) is 0. The molecule has 1 unspecified atom stereocenters. The predicted octanol–water partition coefficient (Wildman–Crippen LogP) is 6.82. The van der Waals surface area contributed by atoms with Gasteiger partial charge in [-0.15, -0.1) is 0 Å². The van der Waals surface area contributed by atoms with Gasteiger partial charge in [0.05, 0.1) is 11.4 Å². The van der Waals surface area contributed by atoms with Crippen LogP contribution in [0.2, 0.25) is 0 Å². The van der Waals surface area contributed by atoms with Gasteiger partial charge < -0.3 is 4.74 Å². The maximum absolute atomic E-state index is 13.6. The van der Waals surface area contributed by atoms with Crippen LogP contribution < -0.4 is 10.3 Å². The van der Waals surface area contributed by atoms with E-state index in [1.54, 1.807) is 4.68 Å². The topological polar surface area (TPSA) is 48.5 Å². The number of fused-ring (bicyclic) bond motifs is 1. The molecule has 0 radical (unpaired) electrons. The SMILES string of the molecule is Cc1c(N=CC2=C(c3ccccc3)Oc3ccccc3C2c2ccccc2)c(=O)n(-c2ccccc2)n1C. The van der Waals surface area contributed by atoms with Crippen LogP contribution in [0.15, 0.2) is 131 Å². The number of benzene rings is 4. The molecule has 0 saturated carbocycles. The third kappa shape index (κ3) is 4.08. The quantitative estimate of drug-likeness (QED) is 0.250.